The molecule has 1 N–H and O–H groups in total. The number of aryl methyl sites for hydroxylation is 1. The summed E-state index contributed by atoms with van der Waals surface area (Å²) in [4.78, 5) is 0. The van der Waals surface area contributed by atoms with E-state index in [1.165, 1.54) is 18.4 Å². The Hall–Kier alpha value is -1.06. The summed E-state index contributed by atoms with van der Waals surface area (Å²) in [6, 6.07) is 8.39. The van der Waals surface area contributed by atoms with Gasteiger partial charge < -0.3 is 14.8 Å². The third-order valence-electron chi connectivity index (χ3n) is 3.17. The van der Waals surface area contributed by atoms with E-state index in [4.69, 9.17) is 9.47 Å². The van der Waals surface area contributed by atoms with E-state index in [2.05, 4.69) is 36.5 Å². The molecule has 2 rings (SSSR count). The second kappa shape index (κ2) is 7.39. The summed E-state index contributed by atoms with van der Waals surface area (Å²) in [6.45, 7) is 5.30. The molecule has 0 saturated carbocycles. The van der Waals surface area contributed by atoms with E-state index in [0.717, 1.165) is 38.5 Å². The Labute approximate surface area is 109 Å². The highest BCUT2D eigenvalue weighted by Gasteiger charge is 2.13. The lowest BCUT2D eigenvalue weighted by Gasteiger charge is -2.22. The molecule has 18 heavy (non-hydrogen) atoms. The van der Waals surface area contributed by atoms with E-state index in [1.54, 1.807) is 0 Å². The minimum Gasteiger partial charge on any atom is -0.383 e. The lowest BCUT2D eigenvalue weighted by molar-refractivity contribution is -0.0387. The van der Waals surface area contributed by atoms with Gasteiger partial charge in [0.15, 0.2) is 0 Å². The quantitative estimate of drug-likeness (QED) is 0.786. The van der Waals surface area contributed by atoms with Crippen molar-refractivity contribution < 1.29 is 9.47 Å². The molecule has 1 aromatic carbocycles. The first-order valence-corrected chi connectivity index (χ1v) is 6.84. The molecular weight excluding hydrogens is 226 g/mol. The first-order valence-electron chi connectivity index (χ1n) is 6.84. The van der Waals surface area contributed by atoms with Crippen LogP contribution in [0.5, 0.6) is 0 Å². The topological polar surface area (TPSA) is 30.5 Å². The number of rotatable bonds is 6. The number of ether oxygens (including phenoxy) is 2. The molecule has 0 bridgehead atoms. The van der Waals surface area contributed by atoms with Crippen LogP contribution < -0.4 is 5.32 Å². The molecule has 1 aliphatic rings. The molecule has 1 atom stereocenters. The lowest BCUT2D eigenvalue weighted by Crippen LogP contribution is -2.25. The predicted molar refractivity (Wildman–Crippen MR) is 74.1 cm³/mol. The van der Waals surface area contributed by atoms with Crippen LogP contribution in [-0.2, 0) is 9.47 Å². The highest BCUT2D eigenvalue weighted by molar-refractivity contribution is 5.45. The lowest BCUT2D eigenvalue weighted by atomic mass is 10.1. The summed E-state index contributed by atoms with van der Waals surface area (Å²) in [7, 11) is 0. The van der Waals surface area contributed by atoms with Gasteiger partial charge in [-0.15, -0.1) is 0 Å². The molecule has 100 valence electrons. The van der Waals surface area contributed by atoms with Crippen molar-refractivity contribution in [2.75, 3.05) is 31.7 Å². The van der Waals surface area contributed by atoms with Gasteiger partial charge in [-0.25, -0.2) is 0 Å². The van der Waals surface area contributed by atoms with Gasteiger partial charge in [0.25, 0.3) is 0 Å². The molecule has 1 aliphatic heterocycles. The predicted octanol–water partition coefficient (Wildman–Crippen LogP) is 2.99. The van der Waals surface area contributed by atoms with Gasteiger partial charge in [0.2, 0.25) is 0 Å². The van der Waals surface area contributed by atoms with Crippen molar-refractivity contribution >= 4 is 5.69 Å². The van der Waals surface area contributed by atoms with Crippen LogP contribution in [0.3, 0.4) is 0 Å². The average molecular weight is 249 g/mol. The van der Waals surface area contributed by atoms with E-state index in [0.29, 0.717) is 6.10 Å². The SMILES string of the molecule is Cc1cccc(NCCOCC2CCCCO2)c1. The standard InChI is InChI=1S/C15H23NO2/c1-13-5-4-6-14(11-13)16-8-10-17-12-15-7-2-3-9-18-15/h4-6,11,15-16H,2-3,7-10,12H2,1H3. The molecule has 3 heteroatoms. The summed E-state index contributed by atoms with van der Waals surface area (Å²) >= 11 is 0. The summed E-state index contributed by atoms with van der Waals surface area (Å²) in [5.74, 6) is 0. The maximum Gasteiger partial charge on any atom is 0.0808 e. The van der Waals surface area contributed by atoms with Crippen LogP contribution in [0.25, 0.3) is 0 Å². The summed E-state index contributed by atoms with van der Waals surface area (Å²) < 4.78 is 11.3. The molecule has 0 spiro atoms. The van der Waals surface area contributed by atoms with Crippen LogP contribution in [0.1, 0.15) is 24.8 Å². The van der Waals surface area contributed by atoms with Gasteiger partial charge in [-0.05, 0) is 43.9 Å². The van der Waals surface area contributed by atoms with Gasteiger partial charge in [0.05, 0.1) is 19.3 Å². The Morgan fingerprint density at radius 1 is 1.39 bits per heavy atom. The summed E-state index contributed by atoms with van der Waals surface area (Å²) in [6.07, 6.45) is 3.93. The average Bonchev–Trinajstić information content (AvgIpc) is 2.40. The van der Waals surface area contributed by atoms with Gasteiger partial charge in [-0.1, -0.05) is 12.1 Å². The Morgan fingerprint density at radius 3 is 3.11 bits per heavy atom. The van der Waals surface area contributed by atoms with E-state index >= 15 is 0 Å². The number of hydrogen-bond donors (Lipinski definition) is 1. The van der Waals surface area contributed by atoms with Crippen molar-refractivity contribution in [2.24, 2.45) is 0 Å². The molecule has 0 radical (unpaired) electrons. The fourth-order valence-electron chi connectivity index (χ4n) is 2.18. The van der Waals surface area contributed by atoms with Crippen molar-refractivity contribution in [1.29, 1.82) is 0 Å². The fourth-order valence-corrected chi connectivity index (χ4v) is 2.18. The molecule has 0 aromatic heterocycles. The minimum absolute atomic E-state index is 0.317. The smallest absolute Gasteiger partial charge is 0.0808 e. The van der Waals surface area contributed by atoms with Crippen LogP contribution in [0.4, 0.5) is 5.69 Å². The van der Waals surface area contributed by atoms with Crippen LogP contribution in [0, 0.1) is 6.92 Å². The minimum atomic E-state index is 0.317. The molecular formula is C15H23NO2. The third-order valence-corrected chi connectivity index (χ3v) is 3.17. The Kier molecular flexibility index (Phi) is 5.49. The van der Waals surface area contributed by atoms with E-state index in [-0.39, 0.29) is 0 Å². The number of hydrogen-bond acceptors (Lipinski definition) is 3. The van der Waals surface area contributed by atoms with Crippen LogP contribution >= 0.6 is 0 Å². The maximum atomic E-state index is 5.64. The zero-order chi connectivity index (χ0) is 12.6. The summed E-state index contributed by atoms with van der Waals surface area (Å²) in [5.41, 5.74) is 2.43. The summed E-state index contributed by atoms with van der Waals surface area (Å²) in [5, 5.41) is 3.36. The molecule has 1 heterocycles. The van der Waals surface area contributed by atoms with Crippen LogP contribution in [0.15, 0.2) is 24.3 Å². The largest absolute Gasteiger partial charge is 0.383 e. The van der Waals surface area contributed by atoms with Crippen molar-refractivity contribution in [1.82, 2.24) is 0 Å². The molecule has 1 saturated heterocycles. The molecule has 0 amide bonds. The van der Waals surface area contributed by atoms with Crippen molar-refractivity contribution in [3.8, 4) is 0 Å². The zero-order valence-electron chi connectivity index (χ0n) is 11.2. The highest BCUT2D eigenvalue weighted by atomic mass is 16.5. The van der Waals surface area contributed by atoms with Gasteiger partial charge in [-0.2, -0.15) is 0 Å². The van der Waals surface area contributed by atoms with E-state index < -0.39 is 0 Å². The van der Waals surface area contributed by atoms with Crippen molar-refractivity contribution in [3.05, 3.63) is 29.8 Å². The second-order valence-corrected chi connectivity index (χ2v) is 4.86. The molecule has 1 aromatic rings. The number of benzene rings is 1. The van der Waals surface area contributed by atoms with Crippen LogP contribution in [-0.4, -0.2) is 32.5 Å². The van der Waals surface area contributed by atoms with Gasteiger partial charge in [-0.3, -0.25) is 0 Å². The number of nitrogens with one attached hydrogen (secondary N) is 1. The van der Waals surface area contributed by atoms with Crippen LogP contribution in [0.2, 0.25) is 0 Å². The monoisotopic (exact) mass is 249 g/mol. The fraction of sp³-hybridized carbons (Fsp3) is 0.600. The van der Waals surface area contributed by atoms with E-state index in [9.17, 15) is 0 Å². The first kappa shape index (κ1) is 13.4. The highest BCUT2D eigenvalue weighted by Crippen LogP contribution is 2.12. The first-order chi connectivity index (χ1) is 8.84. The van der Waals surface area contributed by atoms with E-state index in [1.807, 2.05) is 0 Å². The molecule has 0 aliphatic carbocycles. The Bertz CT molecular complexity index is 348. The normalized spacial score (nSPS) is 19.7. The van der Waals surface area contributed by atoms with Gasteiger partial charge in [0.1, 0.15) is 0 Å². The molecule has 1 fully saturated rings. The second-order valence-electron chi connectivity index (χ2n) is 4.86. The Morgan fingerprint density at radius 2 is 2.33 bits per heavy atom. The maximum absolute atomic E-state index is 5.64. The zero-order valence-corrected chi connectivity index (χ0v) is 11.2. The van der Waals surface area contributed by atoms with Crippen molar-refractivity contribution in [3.63, 3.8) is 0 Å². The molecule has 1 unspecified atom stereocenters. The van der Waals surface area contributed by atoms with Gasteiger partial charge >= 0.3 is 0 Å². The Balaban J connectivity index is 1.55. The third kappa shape index (κ3) is 4.67. The van der Waals surface area contributed by atoms with Crippen molar-refractivity contribution in [2.45, 2.75) is 32.3 Å². The number of anilines is 1. The molecule has 3 nitrogen and oxygen atoms in total. The van der Waals surface area contributed by atoms with Gasteiger partial charge in [0, 0.05) is 18.8 Å².